The lowest BCUT2D eigenvalue weighted by atomic mass is 9.94. The van der Waals surface area contributed by atoms with Crippen molar-refractivity contribution in [1.29, 1.82) is 0 Å². The van der Waals surface area contributed by atoms with E-state index in [1.165, 1.54) is 35.7 Å². The van der Waals surface area contributed by atoms with Crippen LogP contribution >= 0.6 is 34.9 Å². The van der Waals surface area contributed by atoms with Crippen molar-refractivity contribution in [3.05, 3.63) is 30.1 Å². The van der Waals surface area contributed by atoms with Gasteiger partial charge >= 0.3 is 0 Å². The second-order valence-corrected chi connectivity index (χ2v) is 10.8. The zero-order chi connectivity index (χ0) is 21.6. The predicted molar refractivity (Wildman–Crippen MR) is 130 cm³/mol. The van der Waals surface area contributed by atoms with E-state index in [1.807, 2.05) is 18.2 Å². The molecule has 1 aliphatic carbocycles. The average Bonchev–Trinajstić information content (AvgIpc) is 3.40. The van der Waals surface area contributed by atoms with Crippen molar-refractivity contribution < 1.29 is 4.79 Å². The molecule has 9 heteroatoms. The van der Waals surface area contributed by atoms with Crippen LogP contribution < -0.4 is 0 Å². The van der Waals surface area contributed by atoms with Crippen LogP contribution in [0.4, 0.5) is 0 Å². The Labute approximate surface area is 196 Å². The van der Waals surface area contributed by atoms with E-state index in [9.17, 15) is 4.79 Å². The third-order valence-corrected chi connectivity index (χ3v) is 8.84. The van der Waals surface area contributed by atoms with Crippen LogP contribution in [0.2, 0.25) is 0 Å². The smallest absolute Gasteiger partial charge is 0.233 e. The molecule has 0 aliphatic heterocycles. The van der Waals surface area contributed by atoms with Gasteiger partial charge in [0.1, 0.15) is 5.82 Å². The largest absolute Gasteiger partial charge is 0.339 e. The lowest BCUT2D eigenvalue weighted by molar-refractivity contribution is -0.131. The maximum absolute atomic E-state index is 12.9. The van der Waals surface area contributed by atoms with Crippen molar-refractivity contribution in [2.45, 2.75) is 73.8 Å². The van der Waals surface area contributed by atoms with Crippen LogP contribution in [0.1, 0.15) is 51.8 Å². The van der Waals surface area contributed by atoms with Gasteiger partial charge in [-0.3, -0.25) is 4.79 Å². The highest BCUT2D eigenvalue weighted by molar-refractivity contribution is 8.00. The summed E-state index contributed by atoms with van der Waals surface area (Å²) in [5, 5.41) is 9.63. The predicted octanol–water partition coefficient (Wildman–Crippen LogP) is 5.47. The molecule has 6 nitrogen and oxygen atoms in total. The van der Waals surface area contributed by atoms with Crippen molar-refractivity contribution in [1.82, 2.24) is 24.6 Å². The van der Waals surface area contributed by atoms with Crippen molar-refractivity contribution in [3.63, 3.8) is 0 Å². The first kappa shape index (κ1) is 22.6. The molecule has 1 aliphatic rings. The summed E-state index contributed by atoms with van der Waals surface area (Å²) in [7, 11) is 0. The molecule has 0 atom stereocenters. The number of thiazole rings is 1. The Hall–Kier alpha value is -1.58. The molecule has 2 heterocycles. The number of carbonyl (C=O) groups excluding carboxylic acids is 1. The van der Waals surface area contributed by atoms with Crippen molar-refractivity contribution in [2.24, 2.45) is 0 Å². The first-order valence-electron chi connectivity index (χ1n) is 11.0. The van der Waals surface area contributed by atoms with Gasteiger partial charge in [-0.15, -0.1) is 21.5 Å². The highest BCUT2D eigenvalue weighted by Gasteiger charge is 2.24. The fraction of sp³-hybridized carbons (Fsp3) is 0.545. The quantitative estimate of drug-likeness (QED) is 0.382. The fourth-order valence-electron chi connectivity index (χ4n) is 4.13. The number of rotatable bonds is 9. The summed E-state index contributed by atoms with van der Waals surface area (Å²) >= 11 is 4.91. The molecule has 3 aromatic rings. The number of carbonyl (C=O) groups is 1. The number of fused-ring (bicyclic) bond motifs is 1. The van der Waals surface area contributed by atoms with E-state index in [2.05, 4.69) is 39.6 Å². The molecule has 0 unspecified atom stereocenters. The van der Waals surface area contributed by atoms with Gasteiger partial charge in [-0.1, -0.05) is 54.9 Å². The molecule has 0 radical (unpaired) electrons. The van der Waals surface area contributed by atoms with Crippen molar-refractivity contribution in [3.8, 4) is 0 Å². The van der Waals surface area contributed by atoms with Gasteiger partial charge in [-0.2, -0.15) is 0 Å². The van der Waals surface area contributed by atoms with E-state index in [1.54, 1.807) is 23.1 Å². The number of hydrogen-bond donors (Lipinski definition) is 0. The van der Waals surface area contributed by atoms with Crippen LogP contribution in [0.15, 0.2) is 33.8 Å². The number of para-hydroxylation sites is 1. The summed E-state index contributed by atoms with van der Waals surface area (Å²) in [6.45, 7) is 5.76. The SMILES string of the molecule is CCN(C(=O)CSc1nnc(CSc2nc3ccccc3s2)n1CC)C1CCCCC1. The second kappa shape index (κ2) is 10.8. The Kier molecular flexibility index (Phi) is 7.90. The molecule has 0 N–H and O–H groups in total. The number of thioether (sulfide) groups is 2. The molecule has 1 fully saturated rings. The maximum atomic E-state index is 12.9. The van der Waals surface area contributed by atoms with Crippen LogP contribution in [0, 0.1) is 0 Å². The van der Waals surface area contributed by atoms with Gasteiger partial charge in [-0.25, -0.2) is 4.98 Å². The Morgan fingerprint density at radius 2 is 1.97 bits per heavy atom. The van der Waals surface area contributed by atoms with E-state index >= 15 is 0 Å². The lowest BCUT2D eigenvalue weighted by Gasteiger charge is -2.33. The van der Waals surface area contributed by atoms with Crippen LogP contribution in [0.3, 0.4) is 0 Å². The molecule has 1 aromatic carbocycles. The van der Waals surface area contributed by atoms with Crippen LogP contribution in [-0.4, -0.2) is 48.9 Å². The minimum Gasteiger partial charge on any atom is -0.339 e. The number of nitrogens with zero attached hydrogens (tertiary/aromatic N) is 5. The van der Waals surface area contributed by atoms with Gasteiger partial charge in [0.2, 0.25) is 5.91 Å². The average molecular weight is 476 g/mol. The van der Waals surface area contributed by atoms with E-state index in [4.69, 9.17) is 4.98 Å². The third kappa shape index (κ3) is 5.43. The zero-order valence-electron chi connectivity index (χ0n) is 18.1. The molecule has 0 saturated heterocycles. The minimum atomic E-state index is 0.218. The number of aromatic nitrogens is 4. The monoisotopic (exact) mass is 475 g/mol. The molecule has 0 spiro atoms. The van der Waals surface area contributed by atoms with Crippen LogP contribution in [0.5, 0.6) is 0 Å². The summed E-state index contributed by atoms with van der Waals surface area (Å²) in [6.07, 6.45) is 6.06. The van der Waals surface area contributed by atoms with Crippen molar-refractivity contribution >= 4 is 51.0 Å². The Bertz CT molecular complexity index is 979. The van der Waals surface area contributed by atoms with Crippen LogP contribution in [-0.2, 0) is 17.1 Å². The minimum absolute atomic E-state index is 0.218. The van der Waals surface area contributed by atoms with Gasteiger partial charge in [0, 0.05) is 19.1 Å². The molecule has 166 valence electrons. The third-order valence-electron chi connectivity index (χ3n) is 5.71. The van der Waals surface area contributed by atoms with E-state index in [-0.39, 0.29) is 5.91 Å². The molecule has 1 saturated carbocycles. The van der Waals surface area contributed by atoms with Gasteiger partial charge in [0.05, 0.1) is 21.7 Å². The normalized spacial score (nSPS) is 14.9. The fourth-order valence-corrected chi connectivity index (χ4v) is 7.04. The molecule has 0 bridgehead atoms. The lowest BCUT2D eigenvalue weighted by Crippen LogP contribution is -2.42. The second-order valence-electron chi connectivity index (χ2n) is 7.64. The summed E-state index contributed by atoms with van der Waals surface area (Å²) < 4.78 is 4.37. The summed E-state index contributed by atoms with van der Waals surface area (Å²) in [5.41, 5.74) is 1.04. The van der Waals surface area contributed by atoms with Gasteiger partial charge in [-0.05, 0) is 38.8 Å². The molecule has 2 aromatic heterocycles. The highest BCUT2D eigenvalue weighted by atomic mass is 32.2. The van der Waals surface area contributed by atoms with E-state index in [0.717, 1.165) is 52.5 Å². The van der Waals surface area contributed by atoms with Crippen molar-refractivity contribution in [2.75, 3.05) is 12.3 Å². The molecule has 31 heavy (non-hydrogen) atoms. The van der Waals surface area contributed by atoms with E-state index < -0.39 is 0 Å². The number of amides is 1. The Balaban J connectivity index is 1.36. The summed E-state index contributed by atoms with van der Waals surface area (Å²) in [6, 6.07) is 8.62. The maximum Gasteiger partial charge on any atom is 0.233 e. The van der Waals surface area contributed by atoms with E-state index in [0.29, 0.717) is 11.8 Å². The van der Waals surface area contributed by atoms with Gasteiger partial charge in [0.15, 0.2) is 9.50 Å². The van der Waals surface area contributed by atoms with Crippen LogP contribution in [0.25, 0.3) is 10.2 Å². The molecule has 1 amide bonds. The highest BCUT2D eigenvalue weighted by Crippen LogP contribution is 2.32. The first-order chi connectivity index (χ1) is 15.2. The molecule has 4 rings (SSSR count). The standard InChI is InChI=1S/C22H29N5OS3/c1-3-26(16-10-6-5-7-11-16)20(28)15-29-21-25-24-19(27(21)4-2)14-30-22-23-17-12-8-9-13-18(17)31-22/h8-9,12-13,16H,3-7,10-11,14-15H2,1-2H3. The topological polar surface area (TPSA) is 63.9 Å². The summed E-state index contributed by atoms with van der Waals surface area (Å²) in [5.74, 6) is 2.29. The Morgan fingerprint density at radius 1 is 1.16 bits per heavy atom. The van der Waals surface area contributed by atoms with Gasteiger partial charge < -0.3 is 9.47 Å². The van der Waals surface area contributed by atoms with Gasteiger partial charge in [0.25, 0.3) is 0 Å². The number of hydrogen-bond acceptors (Lipinski definition) is 7. The number of benzene rings is 1. The molecular weight excluding hydrogens is 446 g/mol. The summed E-state index contributed by atoms with van der Waals surface area (Å²) in [4.78, 5) is 19.6. The zero-order valence-corrected chi connectivity index (χ0v) is 20.6. The first-order valence-corrected chi connectivity index (χ1v) is 13.8. The Morgan fingerprint density at radius 3 is 2.71 bits per heavy atom. The molecular formula is C22H29N5OS3.